The molecule has 1 saturated heterocycles. The van der Waals surface area contributed by atoms with Crippen molar-refractivity contribution in [3.05, 3.63) is 12.3 Å². The number of ketones is 1. The van der Waals surface area contributed by atoms with Crippen molar-refractivity contribution < 1.29 is 14.3 Å². The van der Waals surface area contributed by atoms with Gasteiger partial charge in [-0.15, -0.1) is 0 Å². The fourth-order valence-corrected chi connectivity index (χ4v) is 1.33. The summed E-state index contributed by atoms with van der Waals surface area (Å²) in [5, 5.41) is 2.92. The van der Waals surface area contributed by atoms with Gasteiger partial charge in [0.1, 0.15) is 11.6 Å². The number of nitrogens with one attached hydrogen (secondary N) is 1. The molecule has 17 heavy (non-hydrogen) atoms. The first-order valence-electron chi connectivity index (χ1n) is 5.42. The van der Waals surface area contributed by atoms with E-state index in [0.717, 1.165) is 5.70 Å². The Balaban J connectivity index is 0.000000325. The quantitative estimate of drug-likeness (QED) is 0.717. The van der Waals surface area contributed by atoms with Gasteiger partial charge in [-0.3, -0.25) is 14.5 Å². The number of hydrogen-bond acceptors (Lipinski definition) is 5. The third-order valence-electron chi connectivity index (χ3n) is 2.04. The molecule has 0 spiro atoms. The molecule has 0 saturated carbocycles. The van der Waals surface area contributed by atoms with Crippen LogP contribution < -0.4 is 5.32 Å². The van der Waals surface area contributed by atoms with E-state index in [1.165, 1.54) is 0 Å². The van der Waals surface area contributed by atoms with Gasteiger partial charge >= 0.3 is 0 Å². The van der Waals surface area contributed by atoms with Crippen LogP contribution in [0.2, 0.25) is 0 Å². The highest BCUT2D eigenvalue weighted by Crippen LogP contribution is 2.09. The molecule has 1 N–H and O–H groups in total. The lowest BCUT2D eigenvalue weighted by Crippen LogP contribution is -2.33. The SMILES string of the molecule is C=C1NCC(=O)C1N(C)C.CC(C)(C)OC=O. The Hall–Kier alpha value is -1.36. The van der Waals surface area contributed by atoms with Gasteiger partial charge < -0.3 is 10.1 Å². The molecule has 1 heterocycles. The Morgan fingerprint density at radius 1 is 1.47 bits per heavy atom. The second-order valence-corrected chi connectivity index (χ2v) is 5.04. The minimum Gasteiger partial charge on any atom is -0.462 e. The first-order chi connectivity index (χ1) is 7.69. The van der Waals surface area contributed by atoms with E-state index in [0.29, 0.717) is 13.0 Å². The summed E-state index contributed by atoms with van der Waals surface area (Å²) in [7, 11) is 3.75. The molecule has 0 amide bonds. The monoisotopic (exact) mass is 242 g/mol. The standard InChI is InChI=1S/C7H12N2O.C5H10O2/c1-5-7(9(2)3)6(10)4-8-5;1-5(2,3)7-4-6/h7-8H,1,4H2,2-3H3;4H,1-3H3. The molecule has 5 nitrogen and oxygen atoms in total. The maximum absolute atomic E-state index is 11.1. The normalized spacial score (nSPS) is 19.5. The van der Waals surface area contributed by atoms with Crippen LogP contribution in [-0.2, 0) is 14.3 Å². The van der Waals surface area contributed by atoms with Crippen LogP contribution in [0.1, 0.15) is 20.8 Å². The Bertz CT molecular complexity index is 277. The van der Waals surface area contributed by atoms with Crippen LogP contribution in [-0.4, -0.2) is 49.4 Å². The molecule has 0 aliphatic carbocycles. The number of hydrogen-bond donors (Lipinski definition) is 1. The Morgan fingerprint density at radius 2 is 2.00 bits per heavy atom. The van der Waals surface area contributed by atoms with Gasteiger partial charge in [-0.25, -0.2) is 0 Å². The molecule has 1 aliphatic heterocycles. The molecule has 1 aliphatic rings. The van der Waals surface area contributed by atoms with E-state index in [9.17, 15) is 9.59 Å². The van der Waals surface area contributed by atoms with Crippen molar-refractivity contribution >= 4 is 12.3 Å². The van der Waals surface area contributed by atoms with Gasteiger partial charge in [0.15, 0.2) is 5.78 Å². The van der Waals surface area contributed by atoms with Crippen molar-refractivity contribution in [2.75, 3.05) is 20.6 Å². The number of ether oxygens (including phenoxy) is 1. The molecule has 1 atom stereocenters. The molecule has 0 aromatic heterocycles. The number of rotatable bonds is 2. The molecule has 98 valence electrons. The van der Waals surface area contributed by atoms with Crippen LogP contribution in [0.4, 0.5) is 0 Å². The first-order valence-corrected chi connectivity index (χ1v) is 5.42. The predicted molar refractivity (Wildman–Crippen MR) is 66.5 cm³/mol. The number of carbonyl (C=O) groups excluding carboxylic acids is 2. The van der Waals surface area contributed by atoms with Crippen molar-refractivity contribution in [1.29, 1.82) is 0 Å². The van der Waals surface area contributed by atoms with Crippen molar-refractivity contribution in [2.45, 2.75) is 32.4 Å². The third kappa shape index (κ3) is 6.06. The Morgan fingerprint density at radius 3 is 2.12 bits per heavy atom. The zero-order valence-electron chi connectivity index (χ0n) is 11.2. The fraction of sp³-hybridized carbons (Fsp3) is 0.667. The van der Waals surface area contributed by atoms with Crippen LogP contribution in [0, 0.1) is 0 Å². The lowest BCUT2D eigenvalue weighted by Gasteiger charge is -2.16. The van der Waals surface area contributed by atoms with Gasteiger partial charge in [0.25, 0.3) is 6.47 Å². The summed E-state index contributed by atoms with van der Waals surface area (Å²) in [6.45, 7) is 10.1. The summed E-state index contributed by atoms with van der Waals surface area (Å²) < 4.78 is 4.55. The molecule has 0 bridgehead atoms. The molecule has 5 heteroatoms. The second-order valence-electron chi connectivity index (χ2n) is 5.04. The summed E-state index contributed by atoms with van der Waals surface area (Å²) >= 11 is 0. The zero-order valence-corrected chi connectivity index (χ0v) is 11.2. The van der Waals surface area contributed by atoms with Crippen LogP contribution >= 0.6 is 0 Å². The highest BCUT2D eigenvalue weighted by molar-refractivity contribution is 5.91. The van der Waals surface area contributed by atoms with E-state index in [1.54, 1.807) is 0 Å². The van der Waals surface area contributed by atoms with Gasteiger partial charge in [0.05, 0.1) is 6.54 Å². The van der Waals surface area contributed by atoms with Crippen molar-refractivity contribution in [1.82, 2.24) is 10.2 Å². The summed E-state index contributed by atoms with van der Waals surface area (Å²) in [5.74, 6) is 0.204. The molecular weight excluding hydrogens is 220 g/mol. The number of carbonyl (C=O) groups is 2. The van der Waals surface area contributed by atoms with Crippen LogP contribution in [0.15, 0.2) is 12.3 Å². The van der Waals surface area contributed by atoms with Gasteiger partial charge in [-0.05, 0) is 34.9 Å². The predicted octanol–water partition coefficient (Wildman–Crippen LogP) is 0.560. The smallest absolute Gasteiger partial charge is 0.293 e. The lowest BCUT2D eigenvalue weighted by atomic mass is 10.2. The molecular formula is C12H22N2O3. The average molecular weight is 242 g/mol. The van der Waals surface area contributed by atoms with E-state index in [2.05, 4.69) is 16.6 Å². The van der Waals surface area contributed by atoms with Gasteiger partial charge in [-0.2, -0.15) is 0 Å². The van der Waals surface area contributed by atoms with Gasteiger partial charge in [-0.1, -0.05) is 6.58 Å². The Kier molecular flexibility index (Phi) is 5.88. The maximum Gasteiger partial charge on any atom is 0.293 e. The Labute approximate surface area is 103 Å². The van der Waals surface area contributed by atoms with Crippen molar-refractivity contribution in [2.24, 2.45) is 0 Å². The van der Waals surface area contributed by atoms with Crippen LogP contribution in [0.3, 0.4) is 0 Å². The molecule has 1 rings (SSSR count). The maximum atomic E-state index is 11.1. The van der Waals surface area contributed by atoms with E-state index in [1.807, 2.05) is 39.8 Å². The molecule has 0 radical (unpaired) electrons. The van der Waals surface area contributed by atoms with Gasteiger partial charge in [0, 0.05) is 5.70 Å². The minimum atomic E-state index is -0.318. The second kappa shape index (κ2) is 6.39. The minimum absolute atomic E-state index is 0.111. The van der Waals surface area contributed by atoms with Crippen molar-refractivity contribution in [3.63, 3.8) is 0 Å². The summed E-state index contributed by atoms with van der Waals surface area (Å²) in [6, 6.07) is -0.111. The first kappa shape index (κ1) is 15.6. The number of nitrogens with zero attached hydrogens (tertiary/aromatic N) is 1. The van der Waals surface area contributed by atoms with Crippen LogP contribution in [0.25, 0.3) is 0 Å². The average Bonchev–Trinajstić information content (AvgIpc) is 2.44. The largest absolute Gasteiger partial charge is 0.462 e. The van der Waals surface area contributed by atoms with Crippen molar-refractivity contribution in [3.8, 4) is 0 Å². The van der Waals surface area contributed by atoms with Gasteiger partial charge in [0.2, 0.25) is 0 Å². The number of likely N-dealkylation sites (N-methyl/N-ethyl adjacent to an activating group) is 1. The third-order valence-corrected chi connectivity index (χ3v) is 2.04. The van der Waals surface area contributed by atoms with E-state index >= 15 is 0 Å². The molecule has 1 fully saturated rings. The topological polar surface area (TPSA) is 58.6 Å². The molecule has 0 aromatic carbocycles. The highest BCUT2D eigenvalue weighted by Gasteiger charge is 2.29. The summed E-state index contributed by atoms with van der Waals surface area (Å²) in [4.78, 5) is 22.5. The lowest BCUT2D eigenvalue weighted by molar-refractivity contribution is -0.138. The summed E-state index contributed by atoms with van der Waals surface area (Å²) in [6.07, 6.45) is 0. The van der Waals surface area contributed by atoms with Crippen LogP contribution in [0.5, 0.6) is 0 Å². The van der Waals surface area contributed by atoms with E-state index < -0.39 is 0 Å². The fourth-order valence-electron chi connectivity index (χ4n) is 1.33. The summed E-state index contributed by atoms with van der Waals surface area (Å²) in [5.41, 5.74) is 0.497. The molecule has 0 aromatic rings. The zero-order chi connectivity index (χ0) is 13.6. The van der Waals surface area contributed by atoms with E-state index in [-0.39, 0.29) is 17.4 Å². The highest BCUT2D eigenvalue weighted by atomic mass is 16.5. The molecule has 1 unspecified atom stereocenters. The number of Topliss-reactive ketones (excluding diaryl/α,β-unsaturated/α-hetero) is 1. The van der Waals surface area contributed by atoms with E-state index in [4.69, 9.17) is 0 Å².